The highest BCUT2D eigenvalue weighted by atomic mass is 16.2. The molecule has 0 saturated carbocycles. The lowest BCUT2D eigenvalue weighted by atomic mass is 10.3. The minimum atomic E-state index is -0.454. The van der Waals surface area contributed by atoms with Crippen LogP contribution in [0.1, 0.15) is 26.2 Å². The Hall–Kier alpha value is -1.32. The normalized spacial score (nSPS) is 10.1. The lowest BCUT2D eigenvalue weighted by molar-refractivity contribution is -0.124. The smallest absolute Gasteiger partial charge is 0.224 e. The van der Waals surface area contributed by atoms with Crippen LogP contribution in [0.5, 0.6) is 0 Å². The summed E-state index contributed by atoms with van der Waals surface area (Å²) >= 11 is 0. The molecule has 0 aliphatic rings. The number of amides is 2. The fraction of sp³-hybridized carbons (Fsp3) is 0.500. The van der Waals surface area contributed by atoms with E-state index in [4.69, 9.17) is 5.73 Å². The molecule has 0 radical (unpaired) electrons. The maximum absolute atomic E-state index is 10.9. The second-order valence-corrected chi connectivity index (χ2v) is 2.34. The van der Waals surface area contributed by atoms with Crippen molar-refractivity contribution in [2.45, 2.75) is 26.2 Å². The molecule has 0 aromatic carbocycles. The van der Waals surface area contributed by atoms with Gasteiger partial charge in [0.25, 0.3) is 0 Å². The number of allylic oxidation sites excluding steroid dienone is 1. The lowest BCUT2D eigenvalue weighted by Gasteiger charge is -1.96. The van der Waals surface area contributed by atoms with E-state index in [1.165, 1.54) is 0 Å². The van der Waals surface area contributed by atoms with E-state index in [1.807, 2.05) is 13.0 Å². The van der Waals surface area contributed by atoms with Crippen molar-refractivity contribution in [2.24, 2.45) is 5.73 Å². The molecule has 0 rings (SSSR count). The second kappa shape index (κ2) is 6.39. The molecule has 0 saturated heterocycles. The van der Waals surface area contributed by atoms with E-state index in [0.717, 1.165) is 6.42 Å². The third-order valence-electron chi connectivity index (χ3n) is 1.20. The first-order valence-electron chi connectivity index (χ1n) is 3.89. The molecule has 0 aliphatic heterocycles. The van der Waals surface area contributed by atoms with Crippen LogP contribution in [-0.4, -0.2) is 11.8 Å². The molecule has 0 unspecified atom stereocenters. The fourth-order valence-electron chi connectivity index (χ4n) is 0.579. The predicted molar refractivity (Wildman–Crippen MR) is 46.0 cm³/mol. The SMILES string of the molecule is CC/C=C/NC(=O)CCC(N)=O. The summed E-state index contributed by atoms with van der Waals surface area (Å²) in [7, 11) is 0. The Morgan fingerprint density at radius 2 is 2.08 bits per heavy atom. The molecular weight excluding hydrogens is 156 g/mol. The topological polar surface area (TPSA) is 72.2 Å². The van der Waals surface area contributed by atoms with Gasteiger partial charge in [0.1, 0.15) is 0 Å². The van der Waals surface area contributed by atoms with E-state index < -0.39 is 5.91 Å². The zero-order valence-corrected chi connectivity index (χ0v) is 7.17. The maximum Gasteiger partial charge on any atom is 0.224 e. The first-order valence-corrected chi connectivity index (χ1v) is 3.89. The fourth-order valence-corrected chi connectivity index (χ4v) is 0.579. The van der Waals surface area contributed by atoms with Gasteiger partial charge in [-0.2, -0.15) is 0 Å². The number of hydrogen-bond acceptors (Lipinski definition) is 2. The second-order valence-electron chi connectivity index (χ2n) is 2.34. The summed E-state index contributed by atoms with van der Waals surface area (Å²) < 4.78 is 0. The quantitative estimate of drug-likeness (QED) is 0.622. The van der Waals surface area contributed by atoms with Gasteiger partial charge < -0.3 is 11.1 Å². The number of hydrogen-bond donors (Lipinski definition) is 2. The van der Waals surface area contributed by atoms with Crippen molar-refractivity contribution in [3.63, 3.8) is 0 Å². The molecule has 12 heavy (non-hydrogen) atoms. The molecule has 3 N–H and O–H groups in total. The van der Waals surface area contributed by atoms with Crippen LogP contribution in [0.3, 0.4) is 0 Å². The summed E-state index contributed by atoms with van der Waals surface area (Å²) in [5.74, 6) is -0.636. The minimum absolute atomic E-state index is 0.103. The monoisotopic (exact) mass is 170 g/mol. The van der Waals surface area contributed by atoms with Crippen LogP contribution in [-0.2, 0) is 9.59 Å². The molecular formula is C8H14N2O2. The number of carbonyl (C=O) groups excluding carboxylic acids is 2. The van der Waals surface area contributed by atoms with Gasteiger partial charge in [0.2, 0.25) is 11.8 Å². The van der Waals surface area contributed by atoms with Gasteiger partial charge in [0, 0.05) is 12.8 Å². The van der Waals surface area contributed by atoms with E-state index >= 15 is 0 Å². The molecule has 4 heteroatoms. The Labute approximate surface area is 71.8 Å². The largest absolute Gasteiger partial charge is 0.370 e. The van der Waals surface area contributed by atoms with Crippen molar-refractivity contribution in [3.8, 4) is 0 Å². The van der Waals surface area contributed by atoms with Gasteiger partial charge in [-0.05, 0) is 12.6 Å². The van der Waals surface area contributed by atoms with E-state index in [1.54, 1.807) is 6.20 Å². The van der Waals surface area contributed by atoms with Crippen molar-refractivity contribution in [1.29, 1.82) is 0 Å². The Kier molecular flexibility index (Phi) is 5.69. The zero-order chi connectivity index (χ0) is 9.40. The van der Waals surface area contributed by atoms with Gasteiger partial charge >= 0.3 is 0 Å². The molecule has 0 bridgehead atoms. The molecule has 0 heterocycles. The van der Waals surface area contributed by atoms with Crippen LogP contribution in [0.15, 0.2) is 12.3 Å². The van der Waals surface area contributed by atoms with E-state index in [2.05, 4.69) is 5.32 Å². The molecule has 0 fully saturated rings. The summed E-state index contributed by atoms with van der Waals surface area (Å²) in [5, 5.41) is 2.51. The summed E-state index contributed by atoms with van der Waals surface area (Å²) in [5.41, 5.74) is 4.86. The van der Waals surface area contributed by atoms with Crippen LogP contribution in [0.4, 0.5) is 0 Å². The Morgan fingerprint density at radius 1 is 1.42 bits per heavy atom. The van der Waals surface area contributed by atoms with Gasteiger partial charge in [0.05, 0.1) is 0 Å². The van der Waals surface area contributed by atoms with Crippen molar-refractivity contribution in [3.05, 3.63) is 12.3 Å². The summed E-state index contributed by atoms with van der Waals surface area (Å²) in [6, 6.07) is 0. The van der Waals surface area contributed by atoms with E-state index in [-0.39, 0.29) is 18.7 Å². The molecule has 0 spiro atoms. The average Bonchev–Trinajstić information content (AvgIpc) is 2.01. The summed E-state index contributed by atoms with van der Waals surface area (Å²) in [4.78, 5) is 21.1. The predicted octanol–water partition coefficient (Wildman–Crippen LogP) is 0.292. The molecule has 0 aromatic rings. The average molecular weight is 170 g/mol. The highest BCUT2D eigenvalue weighted by molar-refractivity contribution is 5.83. The van der Waals surface area contributed by atoms with E-state index in [9.17, 15) is 9.59 Å². The Bertz CT molecular complexity index is 187. The highest BCUT2D eigenvalue weighted by Crippen LogP contribution is 1.87. The van der Waals surface area contributed by atoms with Crippen LogP contribution in [0, 0.1) is 0 Å². The standard InChI is InChI=1S/C8H14N2O2/c1-2-3-6-10-8(12)5-4-7(9)11/h3,6H,2,4-5H2,1H3,(H2,9,11)(H,10,12)/b6-3+. The number of primary amides is 1. The lowest BCUT2D eigenvalue weighted by Crippen LogP contribution is -2.20. The molecule has 2 amide bonds. The molecule has 0 aliphatic carbocycles. The highest BCUT2D eigenvalue weighted by Gasteiger charge is 2.00. The van der Waals surface area contributed by atoms with Gasteiger partial charge in [0.15, 0.2) is 0 Å². The van der Waals surface area contributed by atoms with Crippen LogP contribution < -0.4 is 11.1 Å². The molecule has 0 aromatic heterocycles. The van der Waals surface area contributed by atoms with Gasteiger partial charge in [-0.3, -0.25) is 9.59 Å². The van der Waals surface area contributed by atoms with Gasteiger partial charge in [-0.25, -0.2) is 0 Å². The third kappa shape index (κ3) is 6.80. The van der Waals surface area contributed by atoms with Gasteiger partial charge in [-0.15, -0.1) is 0 Å². The van der Waals surface area contributed by atoms with Gasteiger partial charge in [-0.1, -0.05) is 13.0 Å². The van der Waals surface area contributed by atoms with Crippen molar-refractivity contribution in [2.75, 3.05) is 0 Å². The number of rotatable bonds is 5. The summed E-state index contributed by atoms with van der Waals surface area (Å²) in [6.45, 7) is 1.96. The van der Waals surface area contributed by atoms with Crippen LogP contribution >= 0.6 is 0 Å². The first-order chi connectivity index (χ1) is 5.66. The van der Waals surface area contributed by atoms with Crippen LogP contribution in [0.2, 0.25) is 0 Å². The van der Waals surface area contributed by atoms with Crippen LogP contribution in [0.25, 0.3) is 0 Å². The molecule has 4 nitrogen and oxygen atoms in total. The number of nitrogens with two attached hydrogens (primary N) is 1. The Morgan fingerprint density at radius 3 is 2.58 bits per heavy atom. The Balaban J connectivity index is 3.46. The molecule has 0 atom stereocenters. The van der Waals surface area contributed by atoms with Crippen molar-refractivity contribution < 1.29 is 9.59 Å². The van der Waals surface area contributed by atoms with Crippen molar-refractivity contribution in [1.82, 2.24) is 5.32 Å². The zero-order valence-electron chi connectivity index (χ0n) is 7.17. The number of carbonyl (C=O) groups is 2. The van der Waals surface area contributed by atoms with E-state index in [0.29, 0.717) is 0 Å². The summed E-state index contributed by atoms with van der Waals surface area (Å²) in [6.07, 6.45) is 4.52. The minimum Gasteiger partial charge on any atom is -0.370 e. The maximum atomic E-state index is 10.9. The first kappa shape index (κ1) is 10.7. The third-order valence-corrected chi connectivity index (χ3v) is 1.20. The number of nitrogens with one attached hydrogen (secondary N) is 1. The van der Waals surface area contributed by atoms with Crippen molar-refractivity contribution >= 4 is 11.8 Å². The molecule has 68 valence electrons.